The van der Waals surface area contributed by atoms with Crippen LogP contribution in [0, 0.1) is 11.7 Å². The third-order valence-corrected chi connectivity index (χ3v) is 6.57. The number of hydrogen-bond donors (Lipinski definition) is 1. The lowest BCUT2D eigenvalue weighted by molar-refractivity contribution is -0.133. The third-order valence-electron chi connectivity index (χ3n) is 6.57. The minimum atomic E-state index is -0.176. The van der Waals surface area contributed by atoms with Gasteiger partial charge in [-0.2, -0.15) is 0 Å². The van der Waals surface area contributed by atoms with Crippen molar-refractivity contribution in [1.82, 2.24) is 19.8 Å². The highest BCUT2D eigenvalue weighted by atomic mass is 19.1. The number of aromatic nitrogens is 2. The summed E-state index contributed by atoms with van der Waals surface area (Å²) in [4.78, 5) is 37.0. The van der Waals surface area contributed by atoms with Crippen molar-refractivity contribution in [2.75, 3.05) is 19.6 Å². The molecule has 1 aromatic carbocycles. The number of H-pyrrole nitrogens is 1. The van der Waals surface area contributed by atoms with Gasteiger partial charge in [0.05, 0.1) is 17.8 Å². The van der Waals surface area contributed by atoms with Crippen LogP contribution in [0.5, 0.6) is 0 Å². The average molecular weight is 410 g/mol. The third kappa shape index (κ3) is 3.90. The highest BCUT2D eigenvalue weighted by Gasteiger charge is 2.35. The minimum absolute atomic E-state index is 0.116. The number of amides is 1. The van der Waals surface area contributed by atoms with E-state index in [9.17, 15) is 14.0 Å². The molecule has 1 amide bonds. The highest BCUT2D eigenvalue weighted by Crippen LogP contribution is 2.32. The molecule has 158 valence electrons. The summed E-state index contributed by atoms with van der Waals surface area (Å²) in [5.74, 6) is 1.04. The van der Waals surface area contributed by atoms with E-state index in [-0.39, 0.29) is 29.1 Å². The second kappa shape index (κ2) is 7.95. The van der Waals surface area contributed by atoms with Gasteiger partial charge in [0.1, 0.15) is 11.6 Å². The molecule has 2 aliphatic heterocycles. The Kier molecular flexibility index (Phi) is 5.15. The molecule has 1 aliphatic carbocycles. The van der Waals surface area contributed by atoms with Gasteiger partial charge in [-0.05, 0) is 38.3 Å². The maximum Gasteiger partial charge on any atom is 0.256 e. The molecule has 3 aliphatic rings. The first kappa shape index (κ1) is 19.4. The summed E-state index contributed by atoms with van der Waals surface area (Å²) in [7, 11) is 0. The molecule has 1 saturated heterocycles. The number of likely N-dealkylation sites (tertiary alicyclic amines) is 1. The fourth-order valence-corrected chi connectivity index (χ4v) is 4.70. The Bertz CT molecular complexity index is 1020. The summed E-state index contributed by atoms with van der Waals surface area (Å²) in [5.41, 5.74) is 2.05. The van der Waals surface area contributed by atoms with Gasteiger partial charge in [-0.1, -0.05) is 18.2 Å². The standard InChI is InChI=1S/C23H27FN4O2/c24-19-6-2-1-4-16(19)12-27-10-3-5-17(13-27)21-25-20-9-11-28(23(30)15-7-8-15)14-18(20)22(29)26-21/h1-2,4,6,15,17H,3,5,7-14H2,(H,25,26,29)/t17-/m1/s1. The molecule has 2 aromatic rings. The summed E-state index contributed by atoms with van der Waals surface area (Å²) in [6.07, 6.45) is 4.53. The first-order valence-corrected chi connectivity index (χ1v) is 10.9. The number of nitrogens with one attached hydrogen (secondary N) is 1. The number of benzene rings is 1. The quantitative estimate of drug-likeness (QED) is 0.841. The maximum atomic E-state index is 14.0. The molecule has 0 radical (unpaired) electrons. The van der Waals surface area contributed by atoms with E-state index in [4.69, 9.17) is 4.98 Å². The Morgan fingerprint density at radius 3 is 2.83 bits per heavy atom. The van der Waals surface area contributed by atoms with E-state index in [1.165, 1.54) is 6.07 Å². The zero-order valence-corrected chi connectivity index (χ0v) is 17.1. The van der Waals surface area contributed by atoms with E-state index in [2.05, 4.69) is 9.88 Å². The van der Waals surface area contributed by atoms with Gasteiger partial charge >= 0.3 is 0 Å². The SMILES string of the molecule is O=C(C1CC1)N1CCc2nc([C@@H]3CCCN(Cc4ccccc4F)C3)[nH]c(=O)c2C1. The van der Waals surface area contributed by atoms with Gasteiger partial charge in [0.25, 0.3) is 5.56 Å². The van der Waals surface area contributed by atoms with Gasteiger partial charge in [-0.15, -0.1) is 0 Å². The van der Waals surface area contributed by atoms with E-state index in [1.807, 2.05) is 17.0 Å². The second-order valence-electron chi connectivity index (χ2n) is 8.83. The van der Waals surface area contributed by atoms with Crippen LogP contribution in [0.1, 0.15) is 54.2 Å². The smallest absolute Gasteiger partial charge is 0.256 e. The van der Waals surface area contributed by atoms with Gasteiger partial charge in [-0.25, -0.2) is 9.37 Å². The average Bonchev–Trinajstić information content (AvgIpc) is 3.60. The van der Waals surface area contributed by atoms with Gasteiger partial charge in [-0.3, -0.25) is 14.5 Å². The van der Waals surface area contributed by atoms with Crippen molar-refractivity contribution in [3.8, 4) is 0 Å². The molecule has 1 aromatic heterocycles. The van der Waals surface area contributed by atoms with Crippen molar-refractivity contribution in [2.24, 2.45) is 5.92 Å². The zero-order valence-electron chi connectivity index (χ0n) is 17.1. The van der Waals surface area contributed by atoms with Crippen LogP contribution in [0.4, 0.5) is 4.39 Å². The fraction of sp³-hybridized carbons (Fsp3) is 0.522. The molecule has 30 heavy (non-hydrogen) atoms. The molecule has 1 saturated carbocycles. The Morgan fingerprint density at radius 2 is 2.03 bits per heavy atom. The number of hydrogen-bond acceptors (Lipinski definition) is 4. The van der Waals surface area contributed by atoms with E-state index in [0.717, 1.165) is 50.3 Å². The van der Waals surface area contributed by atoms with Crippen LogP contribution >= 0.6 is 0 Å². The number of piperidine rings is 1. The molecular weight excluding hydrogens is 383 g/mol. The van der Waals surface area contributed by atoms with Crippen molar-refractivity contribution in [1.29, 1.82) is 0 Å². The van der Waals surface area contributed by atoms with Crippen molar-refractivity contribution in [3.05, 3.63) is 63.1 Å². The lowest BCUT2D eigenvalue weighted by Crippen LogP contribution is -2.41. The molecule has 3 heterocycles. The van der Waals surface area contributed by atoms with Crippen LogP contribution in [0.25, 0.3) is 0 Å². The Morgan fingerprint density at radius 1 is 1.20 bits per heavy atom. The molecule has 1 atom stereocenters. The summed E-state index contributed by atoms with van der Waals surface area (Å²) in [6, 6.07) is 6.89. The number of rotatable bonds is 4. The number of nitrogens with zero attached hydrogens (tertiary/aromatic N) is 3. The van der Waals surface area contributed by atoms with E-state index >= 15 is 0 Å². The molecule has 1 N–H and O–H groups in total. The Labute approximate surface area is 175 Å². The van der Waals surface area contributed by atoms with Crippen LogP contribution in [-0.4, -0.2) is 45.3 Å². The molecule has 5 rings (SSSR count). The highest BCUT2D eigenvalue weighted by molar-refractivity contribution is 5.81. The summed E-state index contributed by atoms with van der Waals surface area (Å²) in [5, 5.41) is 0. The molecular formula is C23H27FN4O2. The van der Waals surface area contributed by atoms with Crippen LogP contribution < -0.4 is 5.56 Å². The molecule has 0 bridgehead atoms. The molecule has 2 fully saturated rings. The van der Waals surface area contributed by atoms with Crippen molar-refractivity contribution < 1.29 is 9.18 Å². The summed E-state index contributed by atoms with van der Waals surface area (Å²) in [6.45, 7) is 3.25. The van der Waals surface area contributed by atoms with Crippen molar-refractivity contribution in [2.45, 2.75) is 51.1 Å². The number of carbonyl (C=O) groups is 1. The lowest BCUT2D eigenvalue weighted by atomic mass is 9.96. The first-order chi connectivity index (χ1) is 14.6. The van der Waals surface area contributed by atoms with Gasteiger partial charge in [0.15, 0.2) is 0 Å². The molecule has 7 heteroatoms. The van der Waals surface area contributed by atoms with E-state index < -0.39 is 0 Å². The van der Waals surface area contributed by atoms with Gasteiger partial charge in [0, 0.05) is 43.5 Å². The van der Waals surface area contributed by atoms with Crippen molar-refractivity contribution in [3.63, 3.8) is 0 Å². The minimum Gasteiger partial charge on any atom is -0.337 e. The van der Waals surface area contributed by atoms with Crippen LogP contribution in [0.3, 0.4) is 0 Å². The van der Waals surface area contributed by atoms with Crippen LogP contribution in [0.2, 0.25) is 0 Å². The zero-order chi connectivity index (χ0) is 20.7. The van der Waals surface area contributed by atoms with Crippen LogP contribution in [-0.2, 0) is 24.3 Å². The number of aromatic amines is 1. The maximum absolute atomic E-state index is 14.0. The van der Waals surface area contributed by atoms with E-state index in [1.54, 1.807) is 6.07 Å². The largest absolute Gasteiger partial charge is 0.337 e. The van der Waals surface area contributed by atoms with Crippen LogP contribution in [0.15, 0.2) is 29.1 Å². The van der Waals surface area contributed by atoms with Gasteiger partial charge < -0.3 is 9.88 Å². The topological polar surface area (TPSA) is 69.3 Å². The Hall–Kier alpha value is -2.54. The summed E-state index contributed by atoms with van der Waals surface area (Å²) >= 11 is 0. The number of carbonyl (C=O) groups excluding carboxylic acids is 1. The first-order valence-electron chi connectivity index (χ1n) is 10.9. The van der Waals surface area contributed by atoms with Crippen molar-refractivity contribution >= 4 is 5.91 Å². The predicted molar refractivity (Wildman–Crippen MR) is 110 cm³/mol. The monoisotopic (exact) mass is 410 g/mol. The summed E-state index contributed by atoms with van der Waals surface area (Å²) < 4.78 is 14.0. The number of fused-ring (bicyclic) bond motifs is 1. The molecule has 0 unspecified atom stereocenters. The number of halogens is 1. The lowest BCUT2D eigenvalue weighted by Gasteiger charge is -2.33. The predicted octanol–water partition coefficient (Wildman–Crippen LogP) is 2.58. The molecule has 0 spiro atoms. The van der Waals surface area contributed by atoms with Gasteiger partial charge in [0.2, 0.25) is 5.91 Å². The normalized spacial score (nSPS) is 22.0. The fourth-order valence-electron chi connectivity index (χ4n) is 4.70. The van der Waals surface area contributed by atoms with E-state index in [0.29, 0.717) is 37.2 Å². The Balaban J connectivity index is 1.31. The molecule has 6 nitrogen and oxygen atoms in total. The second-order valence-corrected chi connectivity index (χ2v) is 8.83.